The number of benzene rings is 2. The molecule has 0 saturated carbocycles. The number of piperidine rings is 1. The molecule has 1 aliphatic heterocycles. The van der Waals surface area contributed by atoms with E-state index in [0.29, 0.717) is 28.4 Å². The van der Waals surface area contributed by atoms with Crippen LogP contribution in [0.25, 0.3) is 0 Å². The fourth-order valence-electron chi connectivity index (χ4n) is 3.86. The van der Waals surface area contributed by atoms with Crippen molar-refractivity contribution in [3.05, 3.63) is 77.0 Å². The number of aliphatic imine (C=N–C) groups is 1. The van der Waals surface area contributed by atoms with Crippen LogP contribution in [-0.2, 0) is 9.59 Å². The summed E-state index contributed by atoms with van der Waals surface area (Å²) >= 11 is 0. The van der Waals surface area contributed by atoms with Crippen molar-refractivity contribution in [3.63, 3.8) is 0 Å². The monoisotopic (exact) mass is 432 g/mol. The molecule has 0 aromatic heterocycles. The van der Waals surface area contributed by atoms with Gasteiger partial charge < -0.3 is 11.1 Å². The molecule has 0 spiro atoms. The number of allylic oxidation sites excluding steroid dienone is 1. The summed E-state index contributed by atoms with van der Waals surface area (Å²) in [7, 11) is 0. The molecule has 0 radical (unpaired) electrons. The Hall–Kier alpha value is -3.74. The van der Waals surface area contributed by atoms with Gasteiger partial charge in [-0.25, -0.2) is 4.99 Å². The van der Waals surface area contributed by atoms with Crippen molar-refractivity contribution in [2.75, 3.05) is 6.54 Å². The number of carbonyl (C=O) groups excluding carboxylic acids is 3. The predicted molar refractivity (Wildman–Crippen MR) is 124 cm³/mol. The number of amidine groups is 1. The number of nitrogens with one attached hydrogen (secondary N) is 1. The minimum absolute atomic E-state index is 0.162. The number of ketones is 1. The highest BCUT2D eigenvalue weighted by molar-refractivity contribution is 6.16. The maximum Gasteiger partial charge on any atom is 0.251 e. The Morgan fingerprint density at radius 1 is 1.09 bits per heavy atom. The summed E-state index contributed by atoms with van der Waals surface area (Å²) in [5.41, 5.74) is 9.37. The lowest BCUT2D eigenvalue weighted by atomic mass is 9.85. The Morgan fingerprint density at radius 3 is 2.38 bits per heavy atom. The van der Waals surface area contributed by atoms with Crippen molar-refractivity contribution in [1.82, 2.24) is 10.2 Å². The van der Waals surface area contributed by atoms with E-state index in [-0.39, 0.29) is 18.2 Å². The Kier molecular flexibility index (Phi) is 6.88. The largest absolute Gasteiger partial charge is 0.402 e. The smallest absolute Gasteiger partial charge is 0.251 e. The number of rotatable bonds is 5. The molecule has 166 valence electrons. The zero-order valence-corrected chi connectivity index (χ0v) is 18.8. The normalized spacial score (nSPS) is 21.4. The molecule has 2 unspecified atom stereocenters. The predicted octanol–water partition coefficient (Wildman–Crippen LogP) is 3.12. The lowest BCUT2D eigenvalue weighted by Gasteiger charge is -2.39. The van der Waals surface area contributed by atoms with Crippen LogP contribution in [0, 0.1) is 12.8 Å². The third-order valence-corrected chi connectivity index (χ3v) is 5.35. The quantitative estimate of drug-likeness (QED) is 0.757. The van der Waals surface area contributed by atoms with Crippen molar-refractivity contribution in [2.24, 2.45) is 16.6 Å². The van der Waals surface area contributed by atoms with E-state index < -0.39 is 17.9 Å². The van der Waals surface area contributed by atoms with Crippen LogP contribution in [0.4, 0.5) is 5.69 Å². The summed E-state index contributed by atoms with van der Waals surface area (Å²) < 4.78 is 0. The highest BCUT2D eigenvalue weighted by Crippen LogP contribution is 2.30. The fourth-order valence-corrected chi connectivity index (χ4v) is 3.86. The van der Waals surface area contributed by atoms with Gasteiger partial charge in [0.2, 0.25) is 0 Å². The first kappa shape index (κ1) is 22.9. The van der Waals surface area contributed by atoms with Crippen LogP contribution in [0.5, 0.6) is 0 Å². The van der Waals surface area contributed by atoms with E-state index in [1.807, 2.05) is 50.2 Å². The lowest BCUT2D eigenvalue weighted by Crippen LogP contribution is -2.60. The third kappa shape index (κ3) is 4.94. The molecule has 7 nitrogen and oxygen atoms in total. The number of Topliss-reactive ketones (excluding diaryl/α,β-unsaturated/α-hetero) is 1. The number of likely N-dealkylation sites (tertiary alicyclic amines) is 1. The van der Waals surface area contributed by atoms with Gasteiger partial charge in [0.1, 0.15) is 17.7 Å². The van der Waals surface area contributed by atoms with Gasteiger partial charge in [0.15, 0.2) is 0 Å². The Balaban J connectivity index is 2.04. The van der Waals surface area contributed by atoms with E-state index in [4.69, 9.17) is 5.73 Å². The van der Waals surface area contributed by atoms with Crippen LogP contribution >= 0.6 is 0 Å². The van der Waals surface area contributed by atoms with Gasteiger partial charge in [0.25, 0.3) is 11.8 Å². The number of para-hydroxylation sites is 1. The van der Waals surface area contributed by atoms with Gasteiger partial charge in [-0.1, -0.05) is 42.8 Å². The van der Waals surface area contributed by atoms with Crippen molar-refractivity contribution in [1.29, 1.82) is 0 Å². The summed E-state index contributed by atoms with van der Waals surface area (Å²) in [6.07, 6.45) is 0. The first-order valence-corrected chi connectivity index (χ1v) is 10.5. The molecule has 1 fully saturated rings. The highest BCUT2D eigenvalue weighted by atomic mass is 16.2. The molecule has 2 atom stereocenters. The fraction of sp³-hybridized carbons (Fsp3) is 0.280. The summed E-state index contributed by atoms with van der Waals surface area (Å²) in [4.78, 5) is 44.4. The number of hydrogen-bond donors (Lipinski definition) is 2. The topological polar surface area (TPSA) is 105 Å². The van der Waals surface area contributed by atoms with Gasteiger partial charge in [-0.3, -0.25) is 19.3 Å². The number of hydrogen-bond acceptors (Lipinski definition) is 5. The zero-order chi connectivity index (χ0) is 23.4. The second-order valence-corrected chi connectivity index (χ2v) is 8.10. The number of aryl methyl sites for hydroxylation is 1. The van der Waals surface area contributed by atoms with Gasteiger partial charge in [0.05, 0.1) is 12.2 Å². The molecule has 1 saturated heterocycles. The van der Waals surface area contributed by atoms with Crippen LogP contribution < -0.4 is 11.1 Å². The van der Waals surface area contributed by atoms with Gasteiger partial charge in [0, 0.05) is 22.8 Å². The number of nitrogens with two attached hydrogens (primary N) is 1. The molecule has 3 rings (SSSR count). The van der Waals surface area contributed by atoms with Gasteiger partial charge in [-0.2, -0.15) is 0 Å². The van der Waals surface area contributed by atoms with Crippen LogP contribution in [0.3, 0.4) is 0 Å². The van der Waals surface area contributed by atoms with Crippen molar-refractivity contribution in [3.8, 4) is 0 Å². The van der Waals surface area contributed by atoms with Gasteiger partial charge in [-0.15, -0.1) is 0 Å². The third-order valence-electron chi connectivity index (χ3n) is 5.35. The maximum absolute atomic E-state index is 13.5. The summed E-state index contributed by atoms with van der Waals surface area (Å²) in [5, 5.41) is 2.85. The summed E-state index contributed by atoms with van der Waals surface area (Å²) in [6, 6.07) is 15.4. The van der Waals surface area contributed by atoms with E-state index in [9.17, 15) is 14.4 Å². The van der Waals surface area contributed by atoms with E-state index in [2.05, 4.69) is 10.3 Å². The first-order chi connectivity index (χ1) is 15.2. The Labute approximate surface area is 188 Å². The molecular weight excluding hydrogens is 404 g/mol. The number of amides is 2. The molecule has 2 aromatic rings. The SMILES string of the molecule is CC(=O)CN1C(=O)C(NC(=O)c2cccc(C)c2)C(C)/C(=C(\C)N)C1=Nc1ccccc1. The average Bonchev–Trinajstić information content (AvgIpc) is 2.74. The van der Waals surface area contributed by atoms with Crippen LogP contribution in [0.1, 0.15) is 36.7 Å². The van der Waals surface area contributed by atoms with Crippen LogP contribution in [0.15, 0.2) is 70.9 Å². The van der Waals surface area contributed by atoms with Gasteiger partial charge in [-0.05, 0) is 45.0 Å². The molecule has 2 aromatic carbocycles. The van der Waals surface area contributed by atoms with E-state index in [0.717, 1.165) is 5.56 Å². The van der Waals surface area contributed by atoms with Crippen molar-refractivity contribution < 1.29 is 14.4 Å². The summed E-state index contributed by atoms with van der Waals surface area (Å²) in [5.74, 6) is -1.06. The molecule has 3 N–H and O–H groups in total. The standard InChI is InChI=1S/C25H28N4O3/c1-15-9-8-10-19(13-15)24(31)28-22-17(3)21(18(4)26)23(27-20-11-6-5-7-12-20)29(25(22)32)14-16(2)30/h5-13,17,22H,14,26H2,1-4H3,(H,28,31)/b21-18-,27-23?. The van der Waals surface area contributed by atoms with Gasteiger partial charge >= 0.3 is 0 Å². The number of nitrogens with zero attached hydrogens (tertiary/aromatic N) is 2. The second-order valence-electron chi connectivity index (χ2n) is 8.10. The minimum atomic E-state index is -0.884. The van der Waals surface area contributed by atoms with E-state index >= 15 is 0 Å². The molecule has 1 aliphatic rings. The lowest BCUT2D eigenvalue weighted by molar-refractivity contribution is -0.134. The van der Waals surface area contributed by atoms with Crippen molar-refractivity contribution in [2.45, 2.75) is 33.7 Å². The molecular formula is C25H28N4O3. The molecule has 2 amide bonds. The maximum atomic E-state index is 13.5. The molecule has 1 heterocycles. The minimum Gasteiger partial charge on any atom is -0.402 e. The molecule has 0 aliphatic carbocycles. The Bertz CT molecular complexity index is 1100. The molecule has 0 bridgehead atoms. The number of carbonyl (C=O) groups is 3. The summed E-state index contributed by atoms with van der Waals surface area (Å²) in [6.45, 7) is 6.70. The zero-order valence-electron chi connectivity index (χ0n) is 18.8. The van der Waals surface area contributed by atoms with E-state index in [1.165, 1.54) is 11.8 Å². The van der Waals surface area contributed by atoms with Crippen molar-refractivity contribution >= 4 is 29.1 Å². The van der Waals surface area contributed by atoms with Crippen LogP contribution in [-0.4, -0.2) is 40.9 Å². The van der Waals surface area contributed by atoms with E-state index in [1.54, 1.807) is 25.1 Å². The molecule has 7 heteroatoms. The first-order valence-electron chi connectivity index (χ1n) is 10.5. The Morgan fingerprint density at radius 2 is 1.78 bits per heavy atom. The average molecular weight is 433 g/mol. The second kappa shape index (κ2) is 9.60. The molecule has 32 heavy (non-hydrogen) atoms. The van der Waals surface area contributed by atoms with Crippen LogP contribution in [0.2, 0.25) is 0 Å². The highest BCUT2D eigenvalue weighted by Gasteiger charge is 2.43.